The predicted octanol–water partition coefficient (Wildman–Crippen LogP) is 4.84. The van der Waals surface area contributed by atoms with Crippen molar-refractivity contribution in [3.63, 3.8) is 0 Å². The first-order chi connectivity index (χ1) is 16.6. The van der Waals surface area contributed by atoms with Crippen molar-refractivity contribution in [1.82, 2.24) is 9.62 Å². The molecule has 9 heteroatoms. The second-order valence-electron chi connectivity index (χ2n) is 8.12. The molecule has 0 bridgehead atoms. The zero-order valence-corrected chi connectivity index (χ0v) is 22.5. The highest BCUT2D eigenvalue weighted by Gasteiger charge is 2.27. The monoisotopic (exact) mass is 560 g/mol. The van der Waals surface area contributed by atoms with E-state index in [4.69, 9.17) is 9.47 Å². The zero-order chi connectivity index (χ0) is 25.6. The Kier molecular flexibility index (Phi) is 8.93. The summed E-state index contributed by atoms with van der Waals surface area (Å²) < 4.78 is 39.6. The van der Waals surface area contributed by atoms with Crippen LogP contribution in [0, 0.1) is 6.92 Å². The number of aryl methyl sites for hydroxylation is 1. The molecular formula is C26H29BrN2O5S. The third kappa shape index (κ3) is 6.84. The van der Waals surface area contributed by atoms with Crippen LogP contribution < -0.4 is 14.8 Å². The van der Waals surface area contributed by atoms with Crippen molar-refractivity contribution in [2.75, 3.05) is 20.8 Å². The molecule has 0 aliphatic carbocycles. The molecule has 0 spiro atoms. The summed E-state index contributed by atoms with van der Waals surface area (Å²) in [6, 6.07) is 18.9. The molecule has 186 valence electrons. The first-order valence-electron chi connectivity index (χ1n) is 11.0. The number of ether oxygens (including phenoxy) is 2. The average molecular weight is 561 g/mol. The van der Waals surface area contributed by atoms with Crippen molar-refractivity contribution >= 4 is 31.9 Å². The number of amides is 1. The van der Waals surface area contributed by atoms with Crippen LogP contribution >= 0.6 is 15.9 Å². The number of carbonyl (C=O) groups excluding carboxylic acids is 1. The van der Waals surface area contributed by atoms with E-state index in [1.54, 1.807) is 50.6 Å². The second-order valence-corrected chi connectivity index (χ2v) is 11.0. The van der Waals surface area contributed by atoms with Crippen LogP contribution in [0.25, 0.3) is 0 Å². The van der Waals surface area contributed by atoms with E-state index in [9.17, 15) is 13.2 Å². The lowest BCUT2D eigenvalue weighted by atomic mass is 10.1. The highest BCUT2D eigenvalue weighted by Crippen LogP contribution is 2.30. The Balaban J connectivity index is 1.83. The summed E-state index contributed by atoms with van der Waals surface area (Å²) in [5, 5.41) is 2.89. The van der Waals surface area contributed by atoms with E-state index in [-0.39, 0.29) is 24.0 Å². The molecule has 0 fully saturated rings. The van der Waals surface area contributed by atoms with Gasteiger partial charge in [0, 0.05) is 11.0 Å². The van der Waals surface area contributed by atoms with E-state index >= 15 is 0 Å². The minimum Gasteiger partial charge on any atom is -0.493 e. The quantitative estimate of drug-likeness (QED) is 0.383. The van der Waals surface area contributed by atoms with Gasteiger partial charge in [-0.3, -0.25) is 4.79 Å². The molecule has 35 heavy (non-hydrogen) atoms. The van der Waals surface area contributed by atoms with E-state index in [1.807, 2.05) is 44.2 Å². The Hall–Kier alpha value is -2.88. The summed E-state index contributed by atoms with van der Waals surface area (Å²) >= 11 is 3.39. The number of nitrogens with one attached hydrogen (secondary N) is 1. The van der Waals surface area contributed by atoms with Gasteiger partial charge in [-0.05, 0) is 61.4 Å². The molecule has 0 aliphatic heterocycles. The van der Waals surface area contributed by atoms with E-state index in [0.717, 1.165) is 21.2 Å². The number of rotatable bonds is 10. The molecule has 7 nitrogen and oxygen atoms in total. The number of sulfonamides is 1. The first kappa shape index (κ1) is 26.7. The SMILES string of the molecule is COc1ccc(C(C)NC(=O)CN(Cc2ccc(Br)cc2)S(=O)(=O)c2ccc(C)cc2)cc1OC. The van der Waals surface area contributed by atoms with Crippen LogP contribution in [0.4, 0.5) is 0 Å². The van der Waals surface area contributed by atoms with Crippen LogP contribution in [0.15, 0.2) is 76.1 Å². The lowest BCUT2D eigenvalue weighted by molar-refractivity contribution is -0.122. The number of hydrogen-bond donors (Lipinski definition) is 1. The van der Waals surface area contributed by atoms with Crippen molar-refractivity contribution in [2.24, 2.45) is 0 Å². The molecule has 0 radical (unpaired) electrons. The fourth-order valence-corrected chi connectivity index (χ4v) is 5.18. The Morgan fingerprint density at radius 3 is 2.20 bits per heavy atom. The number of hydrogen-bond acceptors (Lipinski definition) is 5. The lowest BCUT2D eigenvalue weighted by Crippen LogP contribution is -2.41. The Bertz CT molecular complexity index is 1260. The van der Waals surface area contributed by atoms with Gasteiger partial charge in [0.1, 0.15) is 0 Å². The largest absolute Gasteiger partial charge is 0.493 e. The summed E-state index contributed by atoms with van der Waals surface area (Å²) in [7, 11) is -0.822. The Labute approximate surface area is 215 Å². The summed E-state index contributed by atoms with van der Waals surface area (Å²) in [6.45, 7) is 3.44. The molecule has 1 unspecified atom stereocenters. The number of carbonyl (C=O) groups is 1. The van der Waals surface area contributed by atoms with Gasteiger partial charge in [-0.15, -0.1) is 0 Å². The van der Waals surface area contributed by atoms with Gasteiger partial charge < -0.3 is 14.8 Å². The van der Waals surface area contributed by atoms with Gasteiger partial charge in [0.15, 0.2) is 11.5 Å². The van der Waals surface area contributed by atoms with Crippen LogP contribution in [0.2, 0.25) is 0 Å². The average Bonchev–Trinajstić information content (AvgIpc) is 2.84. The van der Waals surface area contributed by atoms with E-state index < -0.39 is 15.9 Å². The number of methoxy groups -OCH3 is 2. The summed E-state index contributed by atoms with van der Waals surface area (Å²) in [6.07, 6.45) is 0. The molecule has 3 rings (SSSR count). The molecule has 0 saturated carbocycles. The molecule has 3 aromatic rings. The molecule has 0 saturated heterocycles. The maximum Gasteiger partial charge on any atom is 0.243 e. The van der Waals surface area contributed by atoms with Crippen molar-refractivity contribution in [3.8, 4) is 11.5 Å². The third-order valence-corrected chi connectivity index (χ3v) is 7.87. The van der Waals surface area contributed by atoms with E-state index in [2.05, 4.69) is 21.2 Å². The smallest absolute Gasteiger partial charge is 0.243 e. The highest BCUT2D eigenvalue weighted by atomic mass is 79.9. The topological polar surface area (TPSA) is 84.9 Å². The molecule has 3 aromatic carbocycles. The summed E-state index contributed by atoms with van der Waals surface area (Å²) in [5.74, 6) is 0.713. The molecule has 1 amide bonds. The van der Waals surface area contributed by atoms with Crippen LogP contribution in [-0.2, 0) is 21.4 Å². The molecule has 1 N–H and O–H groups in total. The predicted molar refractivity (Wildman–Crippen MR) is 139 cm³/mol. The van der Waals surface area contributed by atoms with Crippen molar-refractivity contribution in [1.29, 1.82) is 0 Å². The fourth-order valence-electron chi connectivity index (χ4n) is 3.53. The molecule has 0 aromatic heterocycles. The molecule has 1 atom stereocenters. The number of halogens is 1. The first-order valence-corrected chi connectivity index (χ1v) is 13.2. The third-order valence-electron chi connectivity index (χ3n) is 5.54. The van der Waals surface area contributed by atoms with Gasteiger partial charge >= 0.3 is 0 Å². The standard InChI is InChI=1S/C26H29BrN2O5S/c1-18-5-12-23(13-6-18)35(31,32)29(16-20-7-10-22(27)11-8-20)17-26(30)28-19(2)21-9-14-24(33-3)25(15-21)34-4/h5-15,19H,16-17H2,1-4H3,(H,28,30). The van der Waals surface area contributed by atoms with Gasteiger partial charge in [0.05, 0.1) is 31.7 Å². The van der Waals surface area contributed by atoms with Crippen LogP contribution in [0.3, 0.4) is 0 Å². The van der Waals surface area contributed by atoms with Crippen molar-refractivity contribution in [2.45, 2.75) is 31.3 Å². The van der Waals surface area contributed by atoms with E-state index in [1.165, 1.54) is 4.31 Å². The van der Waals surface area contributed by atoms with Crippen molar-refractivity contribution in [3.05, 3.63) is 87.9 Å². The van der Waals surface area contributed by atoms with Crippen LogP contribution in [0.1, 0.15) is 29.7 Å². The fraction of sp³-hybridized carbons (Fsp3) is 0.269. The van der Waals surface area contributed by atoms with Gasteiger partial charge in [-0.2, -0.15) is 4.31 Å². The maximum absolute atomic E-state index is 13.5. The normalized spacial score (nSPS) is 12.3. The highest BCUT2D eigenvalue weighted by molar-refractivity contribution is 9.10. The zero-order valence-electron chi connectivity index (χ0n) is 20.1. The molecule has 0 heterocycles. The van der Waals surface area contributed by atoms with Crippen LogP contribution in [-0.4, -0.2) is 39.4 Å². The van der Waals surface area contributed by atoms with Crippen LogP contribution in [0.5, 0.6) is 11.5 Å². The molecule has 0 aliphatic rings. The maximum atomic E-state index is 13.5. The summed E-state index contributed by atoms with van der Waals surface area (Å²) in [4.78, 5) is 13.2. The number of benzene rings is 3. The second kappa shape index (κ2) is 11.7. The van der Waals surface area contributed by atoms with Gasteiger partial charge in [0.2, 0.25) is 15.9 Å². The van der Waals surface area contributed by atoms with Crippen molar-refractivity contribution < 1.29 is 22.7 Å². The molecular weight excluding hydrogens is 532 g/mol. The number of nitrogens with zero attached hydrogens (tertiary/aromatic N) is 1. The van der Waals surface area contributed by atoms with Gasteiger partial charge in [-0.25, -0.2) is 8.42 Å². The Morgan fingerprint density at radius 2 is 1.60 bits per heavy atom. The minimum absolute atomic E-state index is 0.0572. The lowest BCUT2D eigenvalue weighted by Gasteiger charge is -2.23. The minimum atomic E-state index is -3.92. The van der Waals surface area contributed by atoms with Gasteiger partial charge in [-0.1, -0.05) is 51.8 Å². The summed E-state index contributed by atoms with van der Waals surface area (Å²) in [5.41, 5.74) is 2.52. The van der Waals surface area contributed by atoms with E-state index in [0.29, 0.717) is 11.5 Å². The Morgan fingerprint density at radius 1 is 0.971 bits per heavy atom. The van der Waals surface area contributed by atoms with Gasteiger partial charge in [0.25, 0.3) is 0 Å².